The average Bonchev–Trinajstić information content (AvgIpc) is 3.50. The Bertz CT molecular complexity index is 1640. The molecule has 0 aliphatic heterocycles. The van der Waals surface area contributed by atoms with Crippen molar-refractivity contribution in [3.05, 3.63) is 83.6 Å². The highest BCUT2D eigenvalue weighted by molar-refractivity contribution is 6.31. The molecule has 3 N–H and O–H groups in total. The maximum Gasteiger partial charge on any atom is 0.232 e. The molecule has 0 amide bonds. The summed E-state index contributed by atoms with van der Waals surface area (Å²) in [7, 11) is 1.97. The third-order valence-corrected chi connectivity index (χ3v) is 6.35. The number of nitrogens with zero attached hydrogens (tertiary/aromatic N) is 4. The molecule has 6 rings (SSSR count). The van der Waals surface area contributed by atoms with Crippen molar-refractivity contribution >= 4 is 61.8 Å². The van der Waals surface area contributed by atoms with Gasteiger partial charge in [-0.25, -0.2) is 4.98 Å². The lowest BCUT2D eigenvalue weighted by atomic mass is 10.1. The van der Waals surface area contributed by atoms with Crippen LogP contribution in [-0.4, -0.2) is 38.7 Å². The van der Waals surface area contributed by atoms with Gasteiger partial charge in [0.25, 0.3) is 0 Å². The van der Waals surface area contributed by atoms with Crippen molar-refractivity contribution in [3.63, 3.8) is 0 Å². The van der Waals surface area contributed by atoms with Gasteiger partial charge in [0.15, 0.2) is 0 Å². The van der Waals surface area contributed by atoms with E-state index in [-0.39, 0.29) is 0 Å². The van der Waals surface area contributed by atoms with Crippen molar-refractivity contribution in [2.24, 2.45) is 0 Å². The van der Waals surface area contributed by atoms with Gasteiger partial charge in [-0.2, -0.15) is 10.1 Å². The van der Waals surface area contributed by atoms with Crippen molar-refractivity contribution in [2.75, 3.05) is 23.8 Å². The minimum absolute atomic E-state index is 0.604. The van der Waals surface area contributed by atoms with Gasteiger partial charge in [0.2, 0.25) is 5.95 Å². The number of halogens is 1. The number of benzene rings is 3. The third kappa shape index (κ3) is 3.70. The average molecular weight is 468 g/mol. The SMILES string of the molecule is CN(c1ccc2[nH]ncc2c1)c1nc(NCCc2c[nH]c3ccccc23)c2cc(Cl)ccc2n1. The minimum atomic E-state index is 0.604. The number of para-hydroxylation sites is 1. The number of hydrogen-bond donors (Lipinski definition) is 3. The normalized spacial score (nSPS) is 11.5. The van der Waals surface area contributed by atoms with E-state index in [1.165, 1.54) is 10.9 Å². The smallest absolute Gasteiger partial charge is 0.232 e. The molecular formula is C26H22ClN7. The van der Waals surface area contributed by atoms with Crippen LogP contribution in [0, 0.1) is 0 Å². The molecule has 3 aromatic carbocycles. The van der Waals surface area contributed by atoms with Crippen LogP contribution in [0.4, 0.5) is 17.5 Å². The Morgan fingerprint density at radius 3 is 2.82 bits per heavy atom. The molecule has 7 nitrogen and oxygen atoms in total. The van der Waals surface area contributed by atoms with Crippen molar-refractivity contribution in [2.45, 2.75) is 6.42 Å². The van der Waals surface area contributed by atoms with E-state index < -0.39 is 0 Å². The molecule has 0 fully saturated rings. The number of anilines is 3. The van der Waals surface area contributed by atoms with Crippen LogP contribution in [0.25, 0.3) is 32.7 Å². The Kier molecular flexibility index (Phi) is 5.04. The summed E-state index contributed by atoms with van der Waals surface area (Å²) in [6.07, 6.45) is 4.75. The zero-order valence-electron chi connectivity index (χ0n) is 18.5. The summed E-state index contributed by atoms with van der Waals surface area (Å²) in [5.74, 6) is 1.37. The minimum Gasteiger partial charge on any atom is -0.369 e. The van der Waals surface area contributed by atoms with Gasteiger partial charge < -0.3 is 15.2 Å². The predicted molar refractivity (Wildman–Crippen MR) is 139 cm³/mol. The van der Waals surface area contributed by atoms with E-state index in [2.05, 4.69) is 51.0 Å². The first-order valence-corrected chi connectivity index (χ1v) is 11.5. The second kappa shape index (κ2) is 8.35. The fourth-order valence-electron chi connectivity index (χ4n) is 4.28. The van der Waals surface area contributed by atoms with Gasteiger partial charge in [-0.3, -0.25) is 5.10 Å². The van der Waals surface area contributed by atoms with Crippen molar-refractivity contribution in [1.82, 2.24) is 25.1 Å². The van der Waals surface area contributed by atoms with Crippen LogP contribution in [0.1, 0.15) is 5.56 Å². The summed E-state index contributed by atoms with van der Waals surface area (Å²) in [4.78, 5) is 15.0. The quantitative estimate of drug-likeness (QED) is 0.277. The molecule has 168 valence electrons. The van der Waals surface area contributed by atoms with Crippen LogP contribution in [0.5, 0.6) is 0 Å². The maximum atomic E-state index is 6.31. The van der Waals surface area contributed by atoms with Crippen LogP contribution in [-0.2, 0) is 6.42 Å². The van der Waals surface area contributed by atoms with Gasteiger partial charge in [0.1, 0.15) is 5.82 Å². The van der Waals surface area contributed by atoms with E-state index in [1.807, 2.05) is 54.5 Å². The van der Waals surface area contributed by atoms with Crippen molar-refractivity contribution in [1.29, 1.82) is 0 Å². The van der Waals surface area contributed by atoms with E-state index in [9.17, 15) is 0 Å². The van der Waals surface area contributed by atoms with E-state index in [4.69, 9.17) is 21.6 Å². The lowest BCUT2D eigenvalue weighted by Crippen LogP contribution is -2.15. The molecule has 34 heavy (non-hydrogen) atoms. The van der Waals surface area contributed by atoms with Crippen LogP contribution in [0.3, 0.4) is 0 Å². The second-order valence-corrected chi connectivity index (χ2v) is 8.71. The Balaban J connectivity index is 1.32. The topological polar surface area (TPSA) is 85.5 Å². The first kappa shape index (κ1) is 20.5. The Hall–Kier alpha value is -4.10. The molecular weight excluding hydrogens is 446 g/mol. The number of rotatable bonds is 6. The Labute approximate surface area is 200 Å². The number of H-pyrrole nitrogens is 2. The number of nitrogens with one attached hydrogen (secondary N) is 3. The number of aromatic amines is 2. The van der Waals surface area contributed by atoms with E-state index in [0.29, 0.717) is 11.0 Å². The third-order valence-electron chi connectivity index (χ3n) is 6.12. The highest BCUT2D eigenvalue weighted by Gasteiger charge is 2.14. The van der Waals surface area contributed by atoms with Gasteiger partial charge in [-0.05, 0) is 54.4 Å². The fourth-order valence-corrected chi connectivity index (χ4v) is 4.45. The standard InChI is InChI=1S/C26H22ClN7/c1-34(19-7-9-22-17(12-19)15-30-33-22)26-31-24-8-6-18(27)13-21(24)25(32-26)28-11-10-16-14-29-23-5-3-2-4-20(16)23/h2-9,12-15,29H,10-11H2,1H3,(H,30,33)(H,28,31,32). The first-order chi connectivity index (χ1) is 16.7. The largest absolute Gasteiger partial charge is 0.369 e. The summed E-state index contributed by atoms with van der Waals surface area (Å²) in [6, 6.07) is 20.1. The molecule has 0 aliphatic rings. The lowest BCUT2D eigenvalue weighted by Gasteiger charge is -2.19. The molecule has 0 atom stereocenters. The van der Waals surface area contributed by atoms with Gasteiger partial charge in [-0.1, -0.05) is 29.8 Å². The van der Waals surface area contributed by atoms with Crippen LogP contribution >= 0.6 is 11.6 Å². The molecule has 0 unspecified atom stereocenters. The monoisotopic (exact) mass is 467 g/mol. The lowest BCUT2D eigenvalue weighted by molar-refractivity contribution is 1.00. The zero-order valence-corrected chi connectivity index (χ0v) is 19.3. The molecule has 0 bridgehead atoms. The second-order valence-electron chi connectivity index (χ2n) is 8.27. The molecule has 8 heteroatoms. The van der Waals surface area contributed by atoms with Gasteiger partial charge in [0.05, 0.1) is 17.2 Å². The van der Waals surface area contributed by atoms with Crippen LogP contribution in [0.2, 0.25) is 5.02 Å². The molecule has 3 heterocycles. The Morgan fingerprint density at radius 2 is 1.88 bits per heavy atom. The number of hydrogen-bond acceptors (Lipinski definition) is 5. The highest BCUT2D eigenvalue weighted by Crippen LogP contribution is 2.30. The van der Waals surface area contributed by atoms with E-state index in [0.717, 1.165) is 51.8 Å². The van der Waals surface area contributed by atoms with E-state index in [1.54, 1.807) is 0 Å². The van der Waals surface area contributed by atoms with Crippen molar-refractivity contribution in [3.8, 4) is 0 Å². The molecule has 0 spiro atoms. The van der Waals surface area contributed by atoms with Crippen LogP contribution in [0.15, 0.2) is 73.1 Å². The molecule has 0 saturated carbocycles. The molecule has 6 aromatic rings. The number of aromatic nitrogens is 5. The van der Waals surface area contributed by atoms with E-state index >= 15 is 0 Å². The summed E-state index contributed by atoms with van der Waals surface area (Å²) in [5.41, 5.74) is 5.22. The van der Waals surface area contributed by atoms with Gasteiger partial charge in [-0.15, -0.1) is 0 Å². The predicted octanol–water partition coefficient (Wildman–Crippen LogP) is 6.06. The fraction of sp³-hybridized carbons (Fsp3) is 0.115. The van der Waals surface area contributed by atoms with Gasteiger partial charge >= 0.3 is 0 Å². The molecule has 0 radical (unpaired) electrons. The molecule has 0 saturated heterocycles. The zero-order chi connectivity index (χ0) is 23.1. The summed E-state index contributed by atoms with van der Waals surface area (Å²) >= 11 is 6.31. The van der Waals surface area contributed by atoms with Gasteiger partial charge in [0, 0.05) is 52.2 Å². The van der Waals surface area contributed by atoms with Crippen LogP contribution < -0.4 is 10.2 Å². The van der Waals surface area contributed by atoms with Crippen molar-refractivity contribution < 1.29 is 0 Å². The highest BCUT2D eigenvalue weighted by atomic mass is 35.5. The molecule has 3 aromatic heterocycles. The summed E-state index contributed by atoms with van der Waals surface area (Å²) < 4.78 is 0. The number of fused-ring (bicyclic) bond motifs is 3. The summed E-state index contributed by atoms with van der Waals surface area (Å²) in [5, 5.41) is 14.5. The Morgan fingerprint density at radius 1 is 0.971 bits per heavy atom. The first-order valence-electron chi connectivity index (χ1n) is 11.1. The summed E-state index contributed by atoms with van der Waals surface area (Å²) in [6.45, 7) is 0.727. The maximum absolute atomic E-state index is 6.31. The molecule has 0 aliphatic carbocycles.